The van der Waals surface area contributed by atoms with Crippen molar-refractivity contribution in [1.82, 2.24) is 0 Å². The molecule has 1 heterocycles. The lowest BCUT2D eigenvalue weighted by molar-refractivity contribution is 0.0773. The van der Waals surface area contributed by atoms with Crippen molar-refractivity contribution in [3.05, 3.63) is 0 Å². The summed E-state index contributed by atoms with van der Waals surface area (Å²) in [4.78, 5) is 0.606. The average molecular weight is 145 g/mol. The van der Waals surface area contributed by atoms with E-state index in [0.717, 1.165) is 26.1 Å². The van der Waals surface area contributed by atoms with E-state index in [-0.39, 0.29) is 0 Å². The molecule has 1 aliphatic heterocycles. The number of hydrogen-bond acceptors (Lipinski definition) is 2. The highest BCUT2D eigenvalue weighted by Gasteiger charge is 2.15. The number of ether oxygens (including phenoxy) is 1. The standard InChI is InChI=1S/C6H11NOS/c7-6(9)5-2-1-3-8-4-5/h5H,1-4H2,(H2,7,9). The fourth-order valence-electron chi connectivity index (χ4n) is 0.965. The van der Waals surface area contributed by atoms with Crippen LogP contribution in [0.15, 0.2) is 0 Å². The Morgan fingerprint density at radius 3 is 2.78 bits per heavy atom. The third-order valence-electron chi connectivity index (χ3n) is 1.56. The van der Waals surface area contributed by atoms with E-state index in [4.69, 9.17) is 22.7 Å². The summed E-state index contributed by atoms with van der Waals surface area (Å²) in [5.74, 6) is 0.341. The first-order valence-electron chi connectivity index (χ1n) is 3.18. The second kappa shape index (κ2) is 3.13. The third-order valence-corrected chi connectivity index (χ3v) is 1.90. The average Bonchev–Trinajstić information content (AvgIpc) is 1.90. The highest BCUT2D eigenvalue weighted by molar-refractivity contribution is 7.80. The first-order chi connectivity index (χ1) is 4.30. The normalized spacial score (nSPS) is 27.8. The van der Waals surface area contributed by atoms with E-state index >= 15 is 0 Å². The van der Waals surface area contributed by atoms with Gasteiger partial charge in [0, 0.05) is 12.5 Å². The van der Waals surface area contributed by atoms with Crippen molar-refractivity contribution < 1.29 is 4.74 Å². The summed E-state index contributed by atoms with van der Waals surface area (Å²) >= 11 is 4.81. The number of rotatable bonds is 1. The maximum atomic E-state index is 5.42. The van der Waals surface area contributed by atoms with E-state index in [1.165, 1.54) is 0 Å². The van der Waals surface area contributed by atoms with Crippen LogP contribution in [0.1, 0.15) is 12.8 Å². The smallest absolute Gasteiger partial charge is 0.0781 e. The minimum absolute atomic E-state index is 0.341. The summed E-state index contributed by atoms with van der Waals surface area (Å²) in [6.07, 6.45) is 2.21. The van der Waals surface area contributed by atoms with Crippen LogP contribution in [0, 0.1) is 5.92 Å². The molecule has 0 radical (unpaired) electrons. The van der Waals surface area contributed by atoms with Crippen molar-refractivity contribution in [2.24, 2.45) is 11.7 Å². The van der Waals surface area contributed by atoms with Crippen molar-refractivity contribution in [1.29, 1.82) is 0 Å². The van der Waals surface area contributed by atoms with Gasteiger partial charge in [-0.2, -0.15) is 0 Å². The molecule has 1 rings (SSSR count). The van der Waals surface area contributed by atoms with Crippen molar-refractivity contribution in [3.63, 3.8) is 0 Å². The zero-order valence-corrected chi connectivity index (χ0v) is 6.12. The molecule has 1 atom stereocenters. The molecule has 0 saturated carbocycles. The maximum absolute atomic E-state index is 5.42. The molecule has 1 fully saturated rings. The van der Waals surface area contributed by atoms with Crippen LogP contribution in [0.3, 0.4) is 0 Å². The summed E-state index contributed by atoms with van der Waals surface area (Å²) in [6, 6.07) is 0. The fourth-order valence-corrected chi connectivity index (χ4v) is 1.15. The van der Waals surface area contributed by atoms with Gasteiger partial charge in [0.2, 0.25) is 0 Å². The Morgan fingerprint density at radius 2 is 2.44 bits per heavy atom. The van der Waals surface area contributed by atoms with Gasteiger partial charge in [-0.3, -0.25) is 0 Å². The number of nitrogens with two attached hydrogens (primary N) is 1. The molecule has 9 heavy (non-hydrogen) atoms. The Morgan fingerprint density at radius 1 is 1.67 bits per heavy atom. The molecule has 0 aromatic carbocycles. The summed E-state index contributed by atoms with van der Waals surface area (Å²) < 4.78 is 5.18. The Balaban J connectivity index is 2.31. The summed E-state index contributed by atoms with van der Waals surface area (Å²) in [7, 11) is 0. The second-order valence-electron chi connectivity index (χ2n) is 2.32. The Labute approximate surface area is 60.4 Å². The van der Waals surface area contributed by atoms with E-state index in [0.29, 0.717) is 10.9 Å². The monoisotopic (exact) mass is 145 g/mol. The van der Waals surface area contributed by atoms with E-state index in [9.17, 15) is 0 Å². The lowest BCUT2D eigenvalue weighted by Gasteiger charge is -2.20. The molecular weight excluding hydrogens is 134 g/mol. The summed E-state index contributed by atoms with van der Waals surface area (Å²) in [5.41, 5.74) is 5.42. The fraction of sp³-hybridized carbons (Fsp3) is 0.833. The van der Waals surface area contributed by atoms with Crippen LogP contribution >= 0.6 is 12.2 Å². The minimum atomic E-state index is 0.341. The van der Waals surface area contributed by atoms with Gasteiger partial charge in [0.1, 0.15) is 0 Å². The highest BCUT2D eigenvalue weighted by atomic mass is 32.1. The third kappa shape index (κ3) is 1.91. The maximum Gasteiger partial charge on any atom is 0.0781 e. The molecule has 0 aromatic rings. The van der Waals surface area contributed by atoms with Crippen LogP contribution in [0.4, 0.5) is 0 Å². The first-order valence-corrected chi connectivity index (χ1v) is 3.58. The lowest BCUT2D eigenvalue weighted by atomic mass is 10.0. The Kier molecular flexibility index (Phi) is 2.42. The van der Waals surface area contributed by atoms with Crippen LogP contribution in [-0.2, 0) is 4.74 Å². The molecule has 52 valence electrons. The predicted molar refractivity (Wildman–Crippen MR) is 40.3 cm³/mol. The molecular formula is C6H11NOS. The van der Waals surface area contributed by atoms with Crippen molar-refractivity contribution in [2.45, 2.75) is 12.8 Å². The second-order valence-corrected chi connectivity index (χ2v) is 2.79. The van der Waals surface area contributed by atoms with Crippen molar-refractivity contribution in [3.8, 4) is 0 Å². The topological polar surface area (TPSA) is 35.2 Å². The van der Waals surface area contributed by atoms with E-state index in [1.54, 1.807) is 0 Å². The molecule has 2 nitrogen and oxygen atoms in total. The van der Waals surface area contributed by atoms with Gasteiger partial charge in [-0.1, -0.05) is 12.2 Å². The lowest BCUT2D eigenvalue weighted by Crippen LogP contribution is -2.29. The predicted octanol–water partition coefficient (Wildman–Crippen LogP) is 0.699. The molecule has 2 N–H and O–H groups in total. The Bertz CT molecular complexity index is 110. The molecule has 0 aromatic heterocycles. The van der Waals surface area contributed by atoms with Crippen molar-refractivity contribution in [2.75, 3.05) is 13.2 Å². The van der Waals surface area contributed by atoms with Crippen LogP contribution in [-0.4, -0.2) is 18.2 Å². The molecule has 0 aliphatic carbocycles. The van der Waals surface area contributed by atoms with Gasteiger partial charge < -0.3 is 10.5 Å². The minimum Gasteiger partial charge on any atom is -0.393 e. The zero-order chi connectivity index (χ0) is 6.69. The molecule has 1 unspecified atom stereocenters. The molecule has 3 heteroatoms. The van der Waals surface area contributed by atoms with E-state index < -0.39 is 0 Å². The van der Waals surface area contributed by atoms with Gasteiger partial charge in [0.25, 0.3) is 0 Å². The zero-order valence-electron chi connectivity index (χ0n) is 5.30. The number of hydrogen-bond donors (Lipinski definition) is 1. The van der Waals surface area contributed by atoms with E-state index in [1.807, 2.05) is 0 Å². The highest BCUT2D eigenvalue weighted by Crippen LogP contribution is 2.12. The SMILES string of the molecule is NC(=S)C1CCCOC1. The van der Waals surface area contributed by atoms with Crippen LogP contribution in [0.5, 0.6) is 0 Å². The molecule has 1 aliphatic rings. The quantitative estimate of drug-likeness (QED) is 0.552. The van der Waals surface area contributed by atoms with Gasteiger partial charge in [-0.15, -0.1) is 0 Å². The van der Waals surface area contributed by atoms with Gasteiger partial charge in [-0.25, -0.2) is 0 Å². The van der Waals surface area contributed by atoms with Crippen LogP contribution in [0.2, 0.25) is 0 Å². The van der Waals surface area contributed by atoms with Crippen molar-refractivity contribution >= 4 is 17.2 Å². The summed E-state index contributed by atoms with van der Waals surface area (Å²) in [6.45, 7) is 1.61. The van der Waals surface area contributed by atoms with Gasteiger partial charge in [0.05, 0.1) is 11.6 Å². The van der Waals surface area contributed by atoms with Crippen LogP contribution < -0.4 is 5.73 Å². The molecule has 0 bridgehead atoms. The molecule has 0 spiro atoms. The Hall–Kier alpha value is -0.150. The molecule has 1 saturated heterocycles. The van der Waals surface area contributed by atoms with Crippen LogP contribution in [0.25, 0.3) is 0 Å². The number of thiocarbonyl (C=S) groups is 1. The van der Waals surface area contributed by atoms with E-state index in [2.05, 4.69) is 0 Å². The summed E-state index contributed by atoms with van der Waals surface area (Å²) in [5, 5.41) is 0. The van der Waals surface area contributed by atoms with Gasteiger partial charge >= 0.3 is 0 Å². The first kappa shape index (κ1) is 6.96. The molecule has 0 amide bonds. The van der Waals surface area contributed by atoms with Gasteiger partial charge in [0.15, 0.2) is 0 Å². The van der Waals surface area contributed by atoms with Gasteiger partial charge in [-0.05, 0) is 12.8 Å². The largest absolute Gasteiger partial charge is 0.393 e.